The van der Waals surface area contributed by atoms with Crippen molar-refractivity contribution in [3.8, 4) is 0 Å². The maximum atomic E-state index is 11.3. The molecule has 0 aromatic rings. The molecule has 1 amide bonds. The van der Waals surface area contributed by atoms with E-state index in [1.54, 1.807) is 0 Å². The first-order valence-corrected chi connectivity index (χ1v) is 5.37. The van der Waals surface area contributed by atoms with Gasteiger partial charge < -0.3 is 10.6 Å². The van der Waals surface area contributed by atoms with E-state index < -0.39 is 0 Å². The van der Waals surface area contributed by atoms with Gasteiger partial charge in [-0.1, -0.05) is 20.8 Å². The highest BCUT2D eigenvalue weighted by Crippen LogP contribution is 2.21. The van der Waals surface area contributed by atoms with Crippen LogP contribution in [0.25, 0.3) is 0 Å². The van der Waals surface area contributed by atoms with E-state index in [1.807, 2.05) is 7.05 Å². The van der Waals surface area contributed by atoms with Gasteiger partial charge in [0.05, 0.1) is 0 Å². The number of hydrogen-bond donors (Lipinski definition) is 2. The lowest BCUT2D eigenvalue weighted by molar-refractivity contribution is -0.121. The minimum Gasteiger partial charge on any atom is -0.355 e. The van der Waals surface area contributed by atoms with Crippen molar-refractivity contribution in [1.29, 1.82) is 0 Å². The van der Waals surface area contributed by atoms with Crippen molar-refractivity contribution in [1.82, 2.24) is 10.6 Å². The van der Waals surface area contributed by atoms with Crippen molar-refractivity contribution in [3.63, 3.8) is 0 Å². The zero-order chi connectivity index (χ0) is 11.0. The lowest BCUT2D eigenvalue weighted by Gasteiger charge is -2.17. The molecule has 0 saturated heterocycles. The van der Waals surface area contributed by atoms with Crippen LogP contribution in [0.5, 0.6) is 0 Å². The van der Waals surface area contributed by atoms with E-state index in [0.29, 0.717) is 11.8 Å². The molecule has 0 aliphatic carbocycles. The molecule has 3 nitrogen and oxygen atoms in total. The summed E-state index contributed by atoms with van der Waals surface area (Å²) in [4.78, 5) is 11.3. The summed E-state index contributed by atoms with van der Waals surface area (Å²) >= 11 is 0. The first-order valence-electron chi connectivity index (χ1n) is 5.37. The average molecular weight is 200 g/mol. The SMILES string of the molecule is CNCCNC(=O)CCCC(C)(C)C. The van der Waals surface area contributed by atoms with E-state index in [9.17, 15) is 4.79 Å². The second-order valence-electron chi connectivity index (χ2n) is 4.87. The number of nitrogens with one attached hydrogen (secondary N) is 2. The molecule has 0 aromatic carbocycles. The molecule has 0 bridgehead atoms. The second-order valence-corrected chi connectivity index (χ2v) is 4.87. The van der Waals surface area contributed by atoms with Crippen LogP contribution in [0.4, 0.5) is 0 Å². The van der Waals surface area contributed by atoms with E-state index in [0.717, 1.165) is 25.9 Å². The Kier molecular flexibility index (Phi) is 6.54. The molecule has 0 aromatic heterocycles. The van der Waals surface area contributed by atoms with Crippen LogP contribution in [0.15, 0.2) is 0 Å². The molecule has 0 aliphatic rings. The molecule has 0 unspecified atom stereocenters. The van der Waals surface area contributed by atoms with Crippen molar-refractivity contribution < 1.29 is 4.79 Å². The van der Waals surface area contributed by atoms with E-state index in [-0.39, 0.29) is 5.91 Å². The number of carbonyl (C=O) groups is 1. The van der Waals surface area contributed by atoms with E-state index in [1.165, 1.54) is 0 Å². The van der Waals surface area contributed by atoms with Crippen molar-refractivity contribution in [3.05, 3.63) is 0 Å². The molecule has 0 rings (SSSR count). The van der Waals surface area contributed by atoms with Gasteiger partial charge in [0, 0.05) is 19.5 Å². The quantitative estimate of drug-likeness (QED) is 0.639. The van der Waals surface area contributed by atoms with Gasteiger partial charge in [0.2, 0.25) is 5.91 Å². The van der Waals surface area contributed by atoms with Crippen LogP contribution in [-0.2, 0) is 4.79 Å². The monoisotopic (exact) mass is 200 g/mol. The Balaban J connectivity index is 3.36. The predicted molar refractivity (Wildman–Crippen MR) is 60.2 cm³/mol. The topological polar surface area (TPSA) is 41.1 Å². The lowest BCUT2D eigenvalue weighted by atomic mass is 9.90. The number of rotatable bonds is 6. The Morgan fingerprint density at radius 1 is 1.21 bits per heavy atom. The Labute approximate surface area is 87.6 Å². The average Bonchev–Trinajstić information content (AvgIpc) is 2.02. The number of hydrogen-bond acceptors (Lipinski definition) is 2. The molecular weight excluding hydrogens is 176 g/mol. The fourth-order valence-electron chi connectivity index (χ4n) is 1.19. The molecule has 3 heteroatoms. The first kappa shape index (κ1) is 13.4. The van der Waals surface area contributed by atoms with Crippen molar-refractivity contribution in [2.24, 2.45) is 5.41 Å². The summed E-state index contributed by atoms with van der Waals surface area (Å²) in [5.41, 5.74) is 0.339. The third kappa shape index (κ3) is 9.52. The maximum absolute atomic E-state index is 11.3. The summed E-state index contributed by atoms with van der Waals surface area (Å²) in [6.45, 7) is 8.17. The predicted octanol–water partition coefficient (Wildman–Crippen LogP) is 1.54. The highest BCUT2D eigenvalue weighted by Gasteiger charge is 2.10. The van der Waals surface area contributed by atoms with E-state index in [4.69, 9.17) is 0 Å². The van der Waals surface area contributed by atoms with Gasteiger partial charge in [0.25, 0.3) is 0 Å². The van der Waals surface area contributed by atoms with Crippen LogP contribution in [0, 0.1) is 5.41 Å². The van der Waals surface area contributed by atoms with Gasteiger partial charge in [0.15, 0.2) is 0 Å². The number of amides is 1. The van der Waals surface area contributed by atoms with Gasteiger partial charge in [-0.25, -0.2) is 0 Å². The molecule has 0 radical (unpaired) electrons. The van der Waals surface area contributed by atoms with Crippen molar-refractivity contribution in [2.45, 2.75) is 40.0 Å². The molecule has 0 heterocycles. The molecule has 0 aliphatic heterocycles. The third-order valence-electron chi connectivity index (χ3n) is 2.03. The smallest absolute Gasteiger partial charge is 0.220 e. The van der Waals surface area contributed by atoms with E-state index >= 15 is 0 Å². The van der Waals surface area contributed by atoms with Gasteiger partial charge >= 0.3 is 0 Å². The number of likely N-dealkylation sites (N-methyl/N-ethyl adjacent to an activating group) is 1. The summed E-state index contributed by atoms with van der Waals surface area (Å²) < 4.78 is 0. The molecule has 0 atom stereocenters. The molecule has 0 saturated carbocycles. The Hall–Kier alpha value is -0.570. The van der Waals surface area contributed by atoms with Gasteiger partial charge in [0.1, 0.15) is 0 Å². The Morgan fingerprint density at radius 2 is 1.86 bits per heavy atom. The summed E-state index contributed by atoms with van der Waals surface area (Å²) in [6, 6.07) is 0. The fourth-order valence-corrected chi connectivity index (χ4v) is 1.19. The van der Waals surface area contributed by atoms with Crippen LogP contribution in [-0.4, -0.2) is 26.0 Å². The Morgan fingerprint density at radius 3 is 2.36 bits per heavy atom. The zero-order valence-corrected chi connectivity index (χ0v) is 9.94. The molecule has 0 fully saturated rings. The summed E-state index contributed by atoms with van der Waals surface area (Å²) in [7, 11) is 1.88. The van der Waals surface area contributed by atoms with Gasteiger partial charge in [-0.2, -0.15) is 0 Å². The van der Waals surface area contributed by atoms with Crippen molar-refractivity contribution >= 4 is 5.91 Å². The molecule has 14 heavy (non-hydrogen) atoms. The normalized spacial score (nSPS) is 11.4. The summed E-state index contributed by atoms with van der Waals surface area (Å²) in [5.74, 6) is 0.171. The fraction of sp³-hybridized carbons (Fsp3) is 0.909. The van der Waals surface area contributed by atoms with Crippen LogP contribution in [0.3, 0.4) is 0 Å². The zero-order valence-electron chi connectivity index (χ0n) is 9.94. The molecular formula is C11H24N2O. The van der Waals surface area contributed by atoms with Crippen LogP contribution in [0.1, 0.15) is 40.0 Å². The minimum absolute atomic E-state index is 0.171. The highest BCUT2D eigenvalue weighted by molar-refractivity contribution is 5.75. The van der Waals surface area contributed by atoms with Gasteiger partial charge in [-0.3, -0.25) is 4.79 Å². The minimum atomic E-state index is 0.171. The maximum Gasteiger partial charge on any atom is 0.220 e. The largest absolute Gasteiger partial charge is 0.355 e. The molecule has 0 spiro atoms. The second kappa shape index (κ2) is 6.82. The van der Waals surface area contributed by atoms with Crippen LogP contribution >= 0.6 is 0 Å². The number of carbonyl (C=O) groups excluding carboxylic acids is 1. The molecule has 84 valence electrons. The third-order valence-corrected chi connectivity index (χ3v) is 2.03. The first-order chi connectivity index (χ1) is 6.45. The van der Waals surface area contributed by atoms with Gasteiger partial charge in [-0.15, -0.1) is 0 Å². The standard InChI is InChI=1S/C11H24N2O/c1-11(2,3)7-5-6-10(14)13-9-8-12-4/h12H,5-9H2,1-4H3,(H,13,14). The summed E-state index contributed by atoms with van der Waals surface area (Å²) in [6.07, 6.45) is 2.74. The van der Waals surface area contributed by atoms with Crippen molar-refractivity contribution in [2.75, 3.05) is 20.1 Å². The lowest BCUT2D eigenvalue weighted by Crippen LogP contribution is -2.30. The van der Waals surface area contributed by atoms with Gasteiger partial charge in [-0.05, 0) is 25.3 Å². The summed E-state index contributed by atoms with van der Waals surface area (Å²) in [5, 5.41) is 5.86. The van der Waals surface area contributed by atoms with E-state index in [2.05, 4.69) is 31.4 Å². The Bertz CT molecular complexity index is 161. The highest BCUT2D eigenvalue weighted by atomic mass is 16.1. The molecule has 2 N–H and O–H groups in total. The van der Waals surface area contributed by atoms with Crippen LogP contribution in [0.2, 0.25) is 0 Å². The van der Waals surface area contributed by atoms with Crippen LogP contribution < -0.4 is 10.6 Å².